The van der Waals surface area contributed by atoms with E-state index in [1.165, 1.54) is 10.5 Å². The molecule has 0 heterocycles. The first-order valence-corrected chi connectivity index (χ1v) is 7.10. The first-order chi connectivity index (χ1) is 8.61. The van der Waals surface area contributed by atoms with Gasteiger partial charge in [-0.25, -0.2) is 0 Å². The molecule has 0 radical (unpaired) electrons. The molecule has 0 N–H and O–H groups in total. The molecule has 0 unspecified atom stereocenters. The van der Waals surface area contributed by atoms with Gasteiger partial charge in [0.05, 0.1) is 0 Å². The molecule has 0 saturated heterocycles. The molecule has 0 amide bonds. The SMILES string of the molecule is CSc1ccc(C(=O)c2ccc(C)c(C)c2)cc1. The van der Waals surface area contributed by atoms with Crippen molar-refractivity contribution in [3.05, 3.63) is 64.7 Å². The third-order valence-electron chi connectivity index (χ3n) is 3.12. The first-order valence-electron chi connectivity index (χ1n) is 5.88. The fourth-order valence-corrected chi connectivity index (χ4v) is 2.20. The van der Waals surface area contributed by atoms with Crippen LogP contribution >= 0.6 is 11.8 Å². The van der Waals surface area contributed by atoms with Crippen LogP contribution in [0.1, 0.15) is 27.0 Å². The number of hydrogen-bond donors (Lipinski definition) is 0. The Hall–Kier alpha value is -1.54. The van der Waals surface area contributed by atoms with E-state index in [2.05, 4.69) is 6.92 Å². The van der Waals surface area contributed by atoms with E-state index >= 15 is 0 Å². The van der Waals surface area contributed by atoms with Crippen LogP contribution in [0.4, 0.5) is 0 Å². The molecule has 0 aliphatic heterocycles. The van der Waals surface area contributed by atoms with Gasteiger partial charge in [-0.05, 0) is 61.6 Å². The van der Waals surface area contributed by atoms with Gasteiger partial charge in [0.1, 0.15) is 0 Å². The Labute approximate surface area is 112 Å². The van der Waals surface area contributed by atoms with Crippen LogP contribution in [0.2, 0.25) is 0 Å². The van der Waals surface area contributed by atoms with Gasteiger partial charge in [-0.3, -0.25) is 4.79 Å². The van der Waals surface area contributed by atoms with Gasteiger partial charge >= 0.3 is 0 Å². The second kappa shape index (κ2) is 5.40. The summed E-state index contributed by atoms with van der Waals surface area (Å²) in [6.45, 7) is 4.08. The van der Waals surface area contributed by atoms with Crippen molar-refractivity contribution in [1.29, 1.82) is 0 Å². The zero-order valence-electron chi connectivity index (χ0n) is 10.9. The van der Waals surface area contributed by atoms with E-state index < -0.39 is 0 Å². The molecule has 1 nitrogen and oxygen atoms in total. The Kier molecular flexibility index (Phi) is 3.87. The topological polar surface area (TPSA) is 17.1 Å². The van der Waals surface area contributed by atoms with Crippen LogP contribution < -0.4 is 0 Å². The van der Waals surface area contributed by atoms with Gasteiger partial charge in [-0.2, -0.15) is 0 Å². The van der Waals surface area contributed by atoms with Gasteiger partial charge in [-0.15, -0.1) is 11.8 Å². The Morgan fingerprint density at radius 3 is 2.06 bits per heavy atom. The molecule has 2 rings (SSSR count). The molecule has 0 spiro atoms. The van der Waals surface area contributed by atoms with E-state index in [1.54, 1.807) is 11.8 Å². The molecule has 0 aromatic heterocycles. The Morgan fingerprint density at radius 1 is 0.889 bits per heavy atom. The largest absolute Gasteiger partial charge is 0.289 e. The van der Waals surface area contributed by atoms with Crippen LogP contribution in [0, 0.1) is 13.8 Å². The quantitative estimate of drug-likeness (QED) is 0.603. The number of rotatable bonds is 3. The number of carbonyl (C=O) groups excluding carboxylic acids is 1. The van der Waals surface area contributed by atoms with Gasteiger partial charge in [0.25, 0.3) is 0 Å². The minimum atomic E-state index is 0.0887. The van der Waals surface area contributed by atoms with Crippen LogP contribution in [-0.2, 0) is 0 Å². The molecule has 2 aromatic carbocycles. The van der Waals surface area contributed by atoms with Crippen LogP contribution in [0.15, 0.2) is 47.4 Å². The number of ketones is 1. The monoisotopic (exact) mass is 256 g/mol. The summed E-state index contributed by atoms with van der Waals surface area (Å²) in [4.78, 5) is 13.5. The van der Waals surface area contributed by atoms with Crippen LogP contribution in [0.5, 0.6) is 0 Å². The third-order valence-corrected chi connectivity index (χ3v) is 3.86. The van der Waals surface area contributed by atoms with Crippen LogP contribution in [0.3, 0.4) is 0 Å². The maximum atomic E-state index is 12.3. The van der Waals surface area contributed by atoms with Crippen molar-refractivity contribution in [3.8, 4) is 0 Å². The summed E-state index contributed by atoms with van der Waals surface area (Å²) in [7, 11) is 0. The highest BCUT2D eigenvalue weighted by Crippen LogP contribution is 2.18. The molecule has 0 bridgehead atoms. The summed E-state index contributed by atoms with van der Waals surface area (Å²) in [5.41, 5.74) is 3.87. The standard InChI is InChI=1S/C16H16OS/c1-11-4-5-14(10-12(11)2)16(17)13-6-8-15(18-3)9-7-13/h4-10H,1-3H3. The second-order valence-electron chi connectivity index (χ2n) is 4.36. The fraction of sp³-hybridized carbons (Fsp3) is 0.188. The summed E-state index contributed by atoms with van der Waals surface area (Å²) in [6.07, 6.45) is 2.03. The van der Waals surface area contributed by atoms with Crippen LogP contribution in [0.25, 0.3) is 0 Å². The number of hydrogen-bond acceptors (Lipinski definition) is 2. The Bertz CT molecular complexity index is 570. The number of thioether (sulfide) groups is 1. The fourth-order valence-electron chi connectivity index (χ4n) is 1.79. The molecule has 0 atom stereocenters. The normalized spacial score (nSPS) is 10.4. The van der Waals surface area contributed by atoms with Crippen molar-refractivity contribution in [2.75, 3.05) is 6.26 Å². The van der Waals surface area contributed by atoms with Gasteiger partial charge in [-0.1, -0.05) is 12.1 Å². The second-order valence-corrected chi connectivity index (χ2v) is 5.24. The maximum absolute atomic E-state index is 12.3. The van der Waals surface area contributed by atoms with Crippen molar-refractivity contribution in [2.45, 2.75) is 18.7 Å². The molecular formula is C16H16OS. The zero-order chi connectivity index (χ0) is 13.1. The van der Waals surface area contributed by atoms with E-state index in [4.69, 9.17) is 0 Å². The highest BCUT2D eigenvalue weighted by atomic mass is 32.2. The van der Waals surface area contributed by atoms with Crippen molar-refractivity contribution >= 4 is 17.5 Å². The van der Waals surface area contributed by atoms with Crippen molar-refractivity contribution in [3.63, 3.8) is 0 Å². The van der Waals surface area contributed by atoms with Crippen molar-refractivity contribution in [2.24, 2.45) is 0 Å². The minimum absolute atomic E-state index is 0.0887. The smallest absolute Gasteiger partial charge is 0.193 e. The lowest BCUT2D eigenvalue weighted by Gasteiger charge is -2.05. The third kappa shape index (κ3) is 2.65. The van der Waals surface area contributed by atoms with Gasteiger partial charge in [0.15, 0.2) is 5.78 Å². The number of aryl methyl sites for hydroxylation is 2. The molecule has 0 saturated carbocycles. The molecule has 0 aliphatic carbocycles. The minimum Gasteiger partial charge on any atom is -0.289 e. The van der Waals surface area contributed by atoms with Crippen molar-refractivity contribution < 1.29 is 4.79 Å². The summed E-state index contributed by atoms with van der Waals surface area (Å²) >= 11 is 1.68. The molecule has 2 heteroatoms. The highest BCUT2D eigenvalue weighted by molar-refractivity contribution is 7.98. The first kappa shape index (κ1) is 12.9. The summed E-state index contributed by atoms with van der Waals surface area (Å²) in [6, 6.07) is 13.6. The van der Waals surface area contributed by atoms with E-state index in [0.29, 0.717) is 0 Å². The average molecular weight is 256 g/mol. The van der Waals surface area contributed by atoms with Crippen LogP contribution in [-0.4, -0.2) is 12.0 Å². The van der Waals surface area contributed by atoms with Gasteiger partial charge in [0, 0.05) is 16.0 Å². The van der Waals surface area contributed by atoms with E-state index in [0.717, 1.165) is 16.7 Å². The number of carbonyl (C=O) groups is 1. The van der Waals surface area contributed by atoms with Gasteiger partial charge < -0.3 is 0 Å². The summed E-state index contributed by atoms with van der Waals surface area (Å²) < 4.78 is 0. The predicted octanol–water partition coefficient (Wildman–Crippen LogP) is 4.26. The van der Waals surface area contributed by atoms with Crippen molar-refractivity contribution in [1.82, 2.24) is 0 Å². The predicted molar refractivity (Wildman–Crippen MR) is 77.6 cm³/mol. The molecule has 0 fully saturated rings. The van der Waals surface area contributed by atoms with Gasteiger partial charge in [0.2, 0.25) is 0 Å². The van der Waals surface area contributed by atoms with E-state index in [-0.39, 0.29) is 5.78 Å². The average Bonchev–Trinajstić information content (AvgIpc) is 2.41. The maximum Gasteiger partial charge on any atom is 0.193 e. The molecule has 2 aromatic rings. The molecule has 18 heavy (non-hydrogen) atoms. The van der Waals surface area contributed by atoms with E-state index in [1.807, 2.05) is 55.6 Å². The zero-order valence-corrected chi connectivity index (χ0v) is 11.7. The Balaban J connectivity index is 2.32. The van der Waals surface area contributed by atoms with E-state index in [9.17, 15) is 4.79 Å². The highest BCUT2D eigenvalue weighted by Gasteiger charge is 2.09. The lowest BCUT2D eigenvalue weighted by molar-refractivity contribution is 0.103. The summed E-state index contributed by atoms with van der Waals surface area (Å²) in [5.74, 6) is 0.0887. The Morgan fingerprint density at radius 2 is 1.50 bits per heavy atom. The number of benzene rings is 2. The summed E-state index contributed by atoms with van der Waals surface area (Å²) in [5, 5.41) is 0. The molecular weight excluding hydrogens is 240 g/mol. The lowest BCUT2D eigenvalue weighted by atomic mass is 9.99. The molecule has 0 aliphatic rings. The lowest BCUT2D eigenvalue weighted by Crippen LogP contribution is -2.01. The molecule has 92 valence electrons.